The molecule has 1 aliphatic rings. The van der Waals surface area contributed by atoms with E-state index < -0.39 is 0 Å². The molecule has 2 heteroatoms. The standard InChI is InChI=1S/C15H22ClN/c1-11-6-7-12(10-13(11)16)15(14(2,3)4)8-5-9-17-15/h6-7,10,17H,5,8-9H2,1-4H3. The van der Waals surface area contributed by atoms with Gasteiger partial charge in [-0.3, -0.25) is 0 Å². The number of halogens is 1. The van der Waals surface area contributed by atoms with E-state index in [1.54, 1.807) is 0 Å². The van der Waals surface area contributed by atoms with E-state index in [0.717, 1.165) is 17.1 Å². The fourth-order valence-corrected chi connectivity index (χ4v) is 3.10. The third kappa shape index (κ3) is 2.11. The second-order valence-electron chi connectivity index (χ2n) is 6.15. The number of rotatable bonds is 1. The summed E-state index contributed by atoms with van der Waals surface area (Å²) in [6, 6.07) is 6.50. The number of hydrogen-bond acceptors (Lipinski definition) is 1. The summed E-state index contributed by atoms with van der Waals surface area (Å²) in [6.45, 7) is 10.1. The van der Waals surface area contributed by atoms with Crippen molar-refractivity contribution in [1.29, 1.82) is 0 Å². The van der Waals surface area contributed by atoms with E-state index in [1.807, 2.05) is 0 Å². The summed E-state index contributed by atoms with van der Waals surface area (Å²) < 4.78 is 0. The summed E-state index contributed by atoms with van der Waals surface area (Å²) in [5.41, 5.74) is 2.75. The Hall–Kier alpha value is -0.530. The minimum Gasteiger partial charge on any atom is -0.307 e. The van der Waals surface area contributed by atoms with Crippen molar-refractivity contribution in [3.8, 4) is 0 Å². The van der Waals surface area contributed by atoms with E-state index in [2.05, 4.69) is 51.2 Å². The van der Waals surface area contributed by atoms with Crippen molar-refractivity contribution in [2.24, 2.45) is 5.41 Å². The zero-order valence-electron chi connectivity index (χ0n) is 11.2. The minimum atomic E-state index is 0.0737. The van der Waals surface area contributed by atoms with Gasteiger partial charge in [0.25, 0.3) is 0 Å². The van der Waals surface area contributed by atoms with Crippen LogP contribution in [0.3, 0.4) is 0 Å². The van der Waals surface area contributed by atoms with Crippen molar-refractivity contribution < 1.29 is 0 Å². The van der Waals surface area contributed by atoms with E-state index in [4.69, 9.17) is 11.6 Å². The van der Waals surface area contributed by atoms with Gasteiger partial charge in [0.1, 0.15) is 0 Å². The minimum absolute atomic E-state index is 0.0737. The first kappa shape index (κ1) is 12.9. The Kier molecular flexibility index (Phi) is 3.26. The van der Waals surface area contributed by atoms with Crippen LogP contribution < -0.4 is 5.32 Å². The quantitative estimate of drug-likeness (QED) is 0.786. The Morgan fingerprint density at radius 1 is 1.29 bits per heavy atom. The third-order valence-corrected chi connectivity index (χ3v) is 4.51. The second-order valence-corrected chi connectivity index (χ2v) is 6.56. The SMILES string of the molecule is Cc1ccc(C2(C(C)(C)C)CCCN2)cc1Cl. The van der Waals surface area contributed by atoms with Gasteiger partial charge in [-0.15, -0.1) is 0 Å². The predicted molar refractivity (Wildman–Crippen MR) is 74.6 cm³/mol. The van der Waals surface area contributed by atoms with Crippen molar-refractivity contribution in [2.75, 3.05) is 6.54 Å². The molecule has 0 saturated carbocycles. The van der Waals surface area contributed by atoms with Crippen LogP contribution in [0.1, 0.15) is 44.7 Å². The van der Waals surface area contributed by atoms with E-state index in [1.165, 1.54) is 18.4 Å². The largest absolute Gasteiger partial charge is 0.307 e. The van der Waals surface area contributed by atoms with Gasteiger partial charge in [0.15, 0.2) is 0 Å². The summed E-state index contributed by atoms with van der Waals surface area (Å²) in [6.07, 6.45) is 2.43. The van der Waals surface area contributed by atoms with Crippen LogP contribution in [0.2, 0.25) is 5.02 Å². The lowest BCUT2D eigenvalue weighted by atomic mass is 9.68. The molecule has 0 radical (unpaired) electrons. The summed E-state index contributed by atoms with van der Waals surface area (Å²) in [5.74, 6) is 0. The van der Waals surface area contributed by atoms with Crippen LogP contribution in [-0.2, 0) is 5.54 Å². The molecule has 1 aromatic rings. The molecule has 1 unspecified atom stereocenters. The van der Waals surface area contributed by atoms with Gasteiger partial charge in [-0.2, -0.15) is 0 Å². The second kappa shape index (κ2) is 4.29. The van der Waals surface area contributed by atoms with Gasteiger partial charge in [-0.1, -0.05) is 44.5 Å². The Bertz CT molecular complexity index is 411. The third-order valence-electron chi connectivity index (χ3n) is 4.10. The first-order chi connectivity index (χ1) is 7.87. The molecule has 0 bridgehead atoms. The van der Waals surface area contributed by atoms with Crippen LogP contribution in [0.4, 0.5) is 0 Å². The molecule has 94 valence electrons. The summed E-state index contributed by atoms with van der Waals surface area (Å²) >= 11 is 6.28. The first-order valence-corrected chi connectivity index (χ1v) is 6.76. The number of aryl methyl sites for hydroxylation is 1. The molecule has 1 saturated heterocycles. The van der Waals surface area contributed by atoms with Crippen molar-refractivity contribution in [1.82, 2.24) is 5.32 Å². The van der Waals surface area contributed by atoms with Gasteiger partial charge in [0, 0.05) is 10.6 Å². The van der Waals surface area contributed by atoms with Gasteiger partial charge >= 0.3 is 0 Å². The predicted octanol–water partition coefficient (Wildman–Crippen LogP) is 4.27. The normalized spacial score (nSPS) is 25.2. The Morgan fingerprint density at radius 3 is 2.47 bits per heavy atom. The lowest BCUT2D eigenvalue weighted by Crippen LogP contribution is -2.48. The molecule has 0 spiro atoms. The summed E-state index contributed by atoms with van der Waals surface area (Å²) in [4.78, 5) is 0. The average molecular weight is 252 g/mol. The van der Waals surface area contributed by atoms with Crippen molar-refractivity contribution in [2.45, 2.75) is 46.1 Å². The van der Waals surface area contributed by atoms with Crippen LogP contribution in [-0.4, -0.2) is 6.54 Å². The van der Waals surface area contributed by atoms with E-state index in [9.17, 15) is 0 Å². The highest BCUT2D eigenvalue weighted by molar-refractivity contribution is 6.31. The molecule has 1 N–H and O–H groups in total. The summed E-state index contributed by atoms with van der Waals surface area (Å²) in [5, 5.41) is 4.59. The average Bonchev–Trinajstić information content (AvgIpc) is 2.71. The highest BCUT2D eigenvalue weighted by Crippen LogP contribution is 2.46. The van der Waals surface area contributed by atoms with Gasteiger partial charge < -0.3 is 5.32 Å². The fraction of sp³-hybridized carbons (Fsp3) is 0.600. The maximum atomic E-state index is 6.28. The molecule has 1 aliphatic heterocycles. The molecule has 1 aromatic carbocycles. The van der Waals surface area contributed by atoms with Gasteiger partial charge in [0.05, 0.1) is 0 Å². The van der Waals surface area contributed by atoms with Gasteiger partial charge in [0.2, 0.25) is 0 Å². The van der Waals surface area contributed by atoms with E-state index >= 15 is 0 Å². The van der Waals surface area contributed by atoms with Crippen molar-refractivity contribution >= 4 is 11.6 Å². The summed E-state index contributed by atoms with van der Waals surface area (Å²) in [7, 11) is 0. The van der Waals surface area contributed by atoms with Crippen LogP contribution in [0.25, 0.3) is 0 Å². The molecule has 0 amide bonds. The topological polar surface area (TPSA) is 12.0 Å². The molecule has 17 heavy (non-hydrogen) atoms. The Labute approximate surface area is 110 Å². The lowest BCUT2D eigenvalue weighted by molar-refractivity contribution is 0.160. The van der Waals surface area contributed by atoms with Crippen molar-refractivity contribution in [3.63, 3.8) is 0 Å². The van der Waals surface area contributed by atoms with Crippen LogP contribution in [0, 0.1) is 12.3 Å². The smallest absolute Gasteiger partial charge is 0.0484 e. The Morgan fingerprint density at radius 2 is 2.00 bits per heavy atom. The van der Waals surface area contributed by atoms with E-state index in [0.29, 0.717) is 0 Å². The Balaban J connectivity index is 2.50. The van der Waals surface area contributed by atoms with Gasteiger partial charge in [-0.25, -0.2) is 0 Å². The number of hydrogen-bond donors (Lipinski definition) is 1. The number of nitrogens with one attached hydrogen (secondary N) is 1. The highest BCUT2D eigenvalue weighted by atomic mass is 35.5. The fourth-order valence-electron chi connectivity index (χ4n) is 2.92. The molecule has 1 nitrogen and oxygen atoms in total. The monoisotopic (exact) mass is 251 g/mol. The molecular weight excluding hydrogens is 230 g/mol. The van der Waals surface area contributed by atoms with Crippen LogP contribution >= 0.6 is 11.6 Å². The zero-order chi connectivity index (χ0) is 12.7. The molecule has 1 atom stereocenters. The van der Waals surface area contributed by atoms with E-state index in [-0.39, 0.29) is 11.0 Å². The van der Waals surface area contributed by atoms with Gasteiger partial charge in [-0.05, 0) is 48.9 Å². The zero-order valence-corrected chi connectivity index (χ0v) is 12.0. The maximum Gasteiger partial charge on any atom is 0.0484 e. The first-order valence-electron chi connectivity index (χ1n) is 6.38. The van der Waals surface area contributed by atoms with Crippen LogP contribution in [0.15, 0.2) is 18.2 Å². The molecule has 1 heterocycles. The number of benzene rings is 1. The maximum absolute atomic E-state index is 6.28. The lowest BCUT2D eigenvalue weighted by Gasteiger charge is -2.43. The molecule has 1 fully saturated rings. The highest BCUT2D eigenvalue weighted by Gasteiger charge is 2.45. The molecule has 0 aliphatic carbocycles. The molecule has 0 aromatic heterocycles. The molecule has 2 rings (SSSR count). The van der Waals surface area contributed by atoms with Crippen LogP contribution in [0.5, 0.6) is 0 Å². The molecular formula is C15H22ClN. The van der Waals surface area contributed by atoms with Crippen molar-refractivity contribution in [3.05, 3.63) is 34.3 Å².